The van der Waals surface area contributed by atoms with Crippen molar-refractivity contribution in [3.8, 4) is 6.07 Å². The number of thioether (sulfide) groups is 1. The van der Waals surface area contributed by atoms with E-state index in [-0.39, 0.29) is 17.4 Å². The number of nitriles is 1. The zero-order valence-electron chi connectivity index (χ0n) is 14.5. The van der Waals surface area contributed by atoms with Crippen LogP contribution in [-0.2, 0) is 11.3 Å². The molecule has 0 aliphatic carbocycles. The number of halogens is 1. The van der Waals surface area contributed by atoms with Gasteiger partial charge in [-0.05, 0) is 38.5 Å². The third-order valence-corrected chi connectivity index (χ3v) is 4.81. The predicted octanol–water partition coefficient (Wildman–Crippen LogP) is 3.13. The molecule has 0 spiro atoms. The Morgan fingerprint density at radius 3 is 2.92 bits per heavy atom. The molecule has 0 bridgehead atoms. The molecular formula is C17H18ClN5O2S. The van der Waals surface area contributed by atoms with Gasteiger partial charge in [-0.25, -0.2) is 0 Å². The number of hydrogen-bond acceptors (Lipinski definition) is 6. The summed E-state index contributed by atoms with van der Waals surface area (Å²) in [5.41, 5.74) is 0.512. The second kappa shape index (κ2) is 8.08. The monoisotopic (exact) mass is 391 g/mol. The summed E-state index contributed by atoms with van der Waals surface area (Å²) in [6, 6.07) is 7.23. The van der Waals surface area contributed by atoms with Crippen molar-refractivity contribution >= 4 is 40.0 Å². The molecule has 3 aromatic rings. The second-order valence-electron chi connectivity index (χ2n) is 5.96. The zero-order valence-corrected chi connectivity index (χ0v) is 16.0. The Kier molecular flexibility index (Phi) is 5.81. The van der Waals surface area contributed by atoms with Gasteiger partial charge in [0, 0.05) is 18.2 Å². The predicted molar refractivity (Wildman–Crippen MR) is 102 cm³/mol. The van der Waals surface area contributed by atoms with E-state index in [0.29, 0.717) is 46.4 Å². The van der Waals surface area contributed by atoms with Crippen LogP contribution in [0.4, 0.5) is 0 Å². The first-order valence-electron chi connectivity index (χ1n) is 8.21. The third kappa shape index (κ3) is 3.70. The molecule has 7 nitrogen and oxygen atoms in total. The highest BCUT2D eigenvalue weighted by atomic mass is 35.5. The van der Waals surface area contributed by atoms with Gasteiger partial charge in [-0.15, -0.1) is 10.2 Å². The molecule has 0 atom stereocenters. The minimum absolute atomic E-state index is 0.143. The topological polar surface area (TPSA) is 85.2 Å². The van der Waals surface area contributed by atoms with Crippen molar-refractivity contribution in [2.75, 3.05) is 12.4 Å². The molecule has 2 aromatic heterocycles. The Morgan fingerprint density at radius 1 is 1.38 bits per heavy atom. The molecule has 0 aliphatic rings. The summed E-state index contributed by atoms with van der Waals surface area (Å²) in [6.07, 6.45) is 0.817. The summed E-state index contributed by atoms with van der Waals surface area (Å²) < 4.78 is 8.95. The van der Waals surface area contributed by atoms with E-state index in [2.05, 4.69) is 16.3 Å². The zero-order chi connectivity index (χ0) is 18.7. The standard InChI is InChI=1S/C17H18ClN5O2S/c1-11(2)25-8-3-7-22-15(24)13-10-12(18)4-5-14(13)23-16(22)20-21-17(23)26-9-6-19/h4-5,10-11H,3,7-9H2,1-2H3. The van der Waals surface area contributed by atoms with Crippen molar-refractivity contribution in [1.29, 1.82) is 5.26 Å². The summed E-state index contributed by atoms with van der Waals surface area (Å²) >= 11 is 7.37. The maximum absolute atomic E-state index is 13.0. The number of benzene rings is 1. The van der Waals surface area contributed by atoms with Crippen molar-refractivity contribution in [2.24, 2.45) is 0 Å². The largest absolute Gasteiger partial charge is 0.379 e. The normalized spacial score (nSPS) is 11.5. The smallest absolute Gasteiger partial charge is 0.262 e. The van der Waals surface area contributed by atoms with Crippen LogP contribution < -0.4 is 5.56 Å². The molecular weight excluding hydrogens is 374 g/mol. The van der Waals surface area contributed by atoms with E-state index in [1.165, 1.54) is 11.8 Å². The molecule has 0 N–H and O–H groups in total. The second-order valence-corrected chi connectivity index (χ2v) is 7.34. The van der Waals surface area contributed by atoms with Crippen LogP contribution in [0.1, 0.15) is 20.3 Å². The average molecular weight is 392 g/mol. The first-order valence-corrected chi connectivity index (χ1v) is 9.58. The Morgan fingerprint density at radius 2 is 2.19 bits per heavy atom. The van der Waals surface area contributed by atoms with Crippen LogP contribution in [0.25, 0.3) is 16.7 Å². The highest BCUT2D eigenvalue weighted by molar-refractivity contribution is 7.99. The molecule has 2 heterocycles. The van der Waals surface area contributed by atoms with Gasteiger partial charge in [-0.2, -0.15) is 5.26 Å². The van der Waals surface area contributed by atoms with Gasteiger partial charge in [0.2, 0.25) is 5.78 Å². The van der Waals surface area contributed by atoms with Crippen LogP contribution in [0.3, 0.4) is 0 Å². The van der Waals surface area contributed by atoms with Gasteiger partial charge in [0.05, 0.1) is 28.8 Å². The lowest BCUT2D eigenvalue weighted by Gasteiger charge is -2.12. The number of aromatic nitrogens is 4. The summed E-state index contributed by atoms with van der Waals surface area (Å²) in [6.45, 7) is 4.95. The number of fused-ring (bicyclic) bond motifs is 3. The third-order valence-electron chi connectivity index (χ3n) is 3.78. The van der Waals surface area contributed by atoms with E-state index in [1.54, 1.807) is 27.2 Å². The SMILES string of the molecule is CC(C)OCCCn1c(=O)c2cc(Cl)ccc2n2c(SCC#N)nnc12. The van der Waals surface area contributed by atoms with E-state index in [1.807, 2.05) is 13.8 Å². The number of hydrogen-bond donors (Lipinski definition) is 0. The minimum atomic E-state index is -0.163. The van der Waals surface area contributed by atoms with Gasteiger partial charge < -0.3 is 4.74 Å². The Balaban J connectivity index is 2.12. The molecule has 9 heteroatoms. The molecule has 136 valence electrons. The molecule has 0 fully saturated rings. The highest BCUT2D eigenvalue weighted by Gasteiger charge is 2.17. The number of rotatable bonds is 7. The van der Waals surface area contributed by atoms with E-state index < -0.39 is 0 Å². The maximum Gasteiger partial charge on any atom is 0.262 e. The summed E-state index contributed by atoms with van der Waals surface area (Å²) in [7, 11) is 0. The molecule has 0 aliphatic heterocycles. The van der Waals surface area contributed by atoms with Gasteiger partial charge in [0.1, 0.15) is 0 Å². The van der Waals surface area contributed by atoms with E-state index in [0.717, 1.165) is 0 Å². The molecule has 0 saturated carbocycles. The van der Waals surface area contributed by atoms with Crippen LogP contribution in [0.15, 0.2) is 28.2 Å². The van der Waals surface area contributed by atoms with Crippen LogP contribution in [0, 0.1) is 11.3 Å². The van der Waals surface area contributed by atoms with E-state index in [9.17, 15) is 4.79 Å². The lowest BCUT2D eigenvalue weighted by molar-refractivity contribution is 0.0748. The molecule has 0 radical (unpaired) electrons. The van der Waals surface area contributed by atoms with E-state index >= 15 is 0 Å². The van der Waals surface area contributed by atoms with Crippen molar-refractivity contribution in [1.82, 2.24) is 19.2 Å². The Bertz CT molecular complexity index is 1040. The molecule has 0 saturated heterocycles. The lowest BCUT2D eigenvalue weighted by Crippen LogP contribution is -2.24. The quantitative estimate of drug-likeness (QED) is 0.454. The van der Waals surface area contributed by atoms with E-state index in [4.69, 9.17) is 21.6 Å². The fourth-order valence-corrected chi connectivity index (χ4v) is 3.47. The van der Waals surface area contributed by atoms with Gasteiger partial charge in [0.25, 0.3) is 5.56 Å². The fourth-order valence-electron chi connectivity index (χ4n) is 2.69. The van der Waals surface area contributed by atoms with Gasteiger partial charge in [-0.3, -0.25) is 13.8 Å². The lowest BCUT2D eigenvalue weighted by atomic mass is 10.2. The van der Waals surface area contributed by atoms with Crippen molar-refractivity contribution in [2.45, 2.75) is 38.1 Å². The summed E-state index contributed by atoms with van der Waals surface area (Å²) in [5, 5.41) is 18.8. The summed E-state index contributed by atoms with van der Waals surface area (Å²) in [5.74, 6) is 0.701. The molecule has 1 aromatic carbocycles. The average Bonchev–Trinajstić information content (AvgIpc) is 3.02. The van der Waals surface area contributed by atoms with Gasteiger partial charge in [0.15, 0.2) is 5.16 Å². The Hall–Kier alpha value is -2.08. The van der Waals surface area contributed by atoms with Crippen LogP contribution >= 0.6 is 23.4 Å². The minimum Gasteiger partial charge on any atom is -0.379 e. The van der Waals surface area contributed by atoms with Crippen molar-refractivity contribution in [3.05, 3.63) is 33.6 Å². The molecule has 26 heavy (non-hydrogen) atoms. The first-order chi connectivity index (χ1) is 12.5. The molecule has 3 rings (SSSR count). The molecule has 0 unspecified atom stereocenters. The van der Waals surface area contributed by atoms with Crippen molar-refractivity contribution in [3.63, 3.8) is 0 Å². The molecule has 0 amide bonds. The van der Waals surface area contributed by atoms with Crippen LogP contribution in [0.2, 0.25) is 5.02 Å². The Labute approximate surface area is 159 Å². The highest BCUT2D eigenvalue weighted by Crippen LogP contribution is 2.23. The fraction of sp³-hybridized carbons (Fsp3) is 0.412. The number of aryl methyl sites for hydroxylation is 1. The number of ether oxygens (including phenoxy) is 1. The number of nitrogens with zero attached hydrogens (tertiary/aromatic N) is 5. The van der Waals surface area contributed by atoms with Crippen molar-refractivity contribution < 1.29 is 4.74 Å². The van der Waals surface area contributed by atoms with Crippen LogP contribution in [-0.4, -0.2) is 37.6 Å². The maximum atomic E-state index is 13.0. The summed E-state index contributed by atoms with van der Waals surface area (Å²) in [4.78, 5) is 13.0. The van der Waals surface area contributed by atoms with Gasteiger partial charge in [-0.1, -0.05) is 23.4 Å². The first kappa shape index (κ1) is 18.7. The van der Waals surface area contributed by atoms with Gasteiger partial charge >= 0.3 is 0 Å². The van der Waals surface area contributed by atoms with Crippen LogP contribution in [0.5, 0.6) is 0 Å².